The summed E-state index contributed by atoms with van der Waals surface area (Å²) in [5, 5.41) is 6.34. The lowest BCUT2D eigenvalue weighted by Crippen LogP contribution is -2.27. The monoisotopic (exact) mass is 268 g/mol. The second-order valence-electron chi connectivity index (χ2n) is 4.79. The predicted octanol–water partition coefficient (Wildman–Crippen LogP) is 2.81. The van der Waals surface area contributed by atoms with Crippen LogP contribution in [-0.4, -0.2) is 18.5 Å². The number of hydrogen-bond acceptors (Lipinski definition) is 2. The van der Waals surface area contributed by atoms with Crippen molar-refractivity contribution in [1.29, 1.82) is 0 Å². The molecule has 18 heavy (non-hydrogen) atoms. The molecule has 0 aromatic heterocycles. The first kappa shape index (κ1) is 15.0. The van der Waals surface area contributed by atoms with Crippen LogP contribution in [0.2, 0.25) is 0 Å². The second kappa shape index (κ2) is 6.76. The number of benzene rings is 1. The van der Waals surface area contributed by atoms with Crippen LogP contribution >= 0.6 is 12.4 Å². The minimum atomic E-state index is 0. The average Bonchev–Trinajstić information content (AvgIpc) is 2.77. The number of carbonyl (C=O) groups excluding carboxylic acids is 1. The maximum Gasteiger partial charge on any atom is 0.225 e. The summed E-state index contributed by atoms with van der Waals surface area (Å²) in [6.45, 7) is 5.14. The van der Waals surface area contributed by atoms with E-state index in [-0.39, 0.29) is 18.3 Å². The van der Waals surface area contributed by atoms with Gasteiger partial charge in [-0.1, -0.05) is 12.1 Å². The fraction of sp³-hybridized carbons (Fsp3) is 0.500. The summed E-state index contributed by atoms with van der Waals surface area (Å²) in [6, 6.07) is 6.36. The molecule has 0 bridgehead atoms. The van der Waals surface area contributed by atoms with E-state index < -0.39 is 0 Å². The van der Waals surface area contributed by atoms with Crippen LogP contribution in [0.25, 0.3) is 0 Å². The summed E-state index contributed by atoms with van der Waals surface area (Å²) in [7, 11) is 0. The molecular weight excluding hydrogens is 248 g/mol. The van der Waals surface area contributed by atoms with Gasteiger partial charge in [-0.25, -0.2) is 0 Å². The van der Waals surface area contributed by atoms with E-state index in [0.29, 0.717) is 12.5 Å². The molecule has 100 valence electrons. The van der Waals surface area contributed by atoms with Crippen molar-refractivity contribution in [1.82, 2.24) is 5.32 Å². The van der Waals surface area contributed by atoms with Crippen LogP contribution in [0.4, 0.5) is 5.69 Å². The number of rotatable bonds is 3. The number of halogens is 1. The Kier molecular flexibility index (Phi) is 5.63. The topological polar surface area (TPSA) is 41.1 Å². The van der Waals surface area contributed by atoms with Gasteiger partial charge < -0.3 is 10.6 Å². The van der Waals surface area contributed by atoms with Crippen molar-refractivity contribution in [3.8, 4) is 0 Å². The quantitative estimate of drug-likeness (QED) is 0.885. The number of carbonyl (C=O) groups is 1. The molecule has 1 fully saturated rings. The lowest BCUT2D eigenvalue weighted by Gasteiger charge is -2.13. The SMILES string of the molecule is Cc1cccc(NC(=O)CC2CCCN2)c1C.Cl. The van der Waals surface area contributed by atoms with Crippen LogP contribution in [0, 0.1) is 13.8 Å². The molecule has 0 saturated carbocycles. The third kappa shape index (κ3) is 3.72. The summed E-state index contributed by atoms with van der Waals surface area (Å²) < 4.78 is 0. The molecule has 1 aromatic rings. The minimum Gasteiger partial charge on any atom is -0.326 e. The highest BCUT2D eigenvalue weighted by Crippen LogP contribution is 2.18. The number of hydrogen-bond donors (Lipinski definition) is 2. The van der Waals surface area contributed by atoms with Gasteiger partial charge in [0.15, 0.2) is 0 Å². The third-order valence-electron chi connectivity index (χ3n) is 3.47. The summed E-state index contributed by atoms with van der Waals surface area (Å²) in [4.78, 5) is 11.9. The molecule has 1 aromatic carbocycles. The smallest absolute Gasteiger partial charge is 0.225 e. The molecule has 1 amide bonds. The van der Waals surface area contributed by atoms with Gasteiger partial charge in [-0.3, -0.25) is 4.79 Å². The first-order chi connectivity index (χ1) is 8.16. The van der Waals surface area contributed by atoms with Crippen LogP contribution in [-0.2, 0) is 4.79 Å². The van der Waals surface area contributed by atoms with Gasteiger partial charge in [0.1, 0.15) is 0 Å². The van der Waals surface area contributed by atoms with Gasteiger partial charge >= 0.3 is 0 Å². The highest BCUT2D eigenvalue weighted by Gasteiger charge is 2.17. The maximum absolute atomic E-state index is 11.9. The Morgan fingerprint density at radius 2 is 2.22 bits per heavy atom. The Bertz CT molecular complexity index is 414. The van der Waals surface area contributed by atoms with Crippen molar-refractivity contribution in [3.05, 3.63) is 29.3 Å². The predicted molar refractivity (Wildman–Crippen MR) is 77.4 cm³/mol. The highest BCUT2D eigenvalue weighted by atomic mass is 35.5. The maximum atomic E-state index is 11.9. The molecule has 0 radical (unpaired) electrons. The van der Waals surface area contributed by atoms with Crippen LogP contribution in [0.15, 0.2) is 18.2 Å². The Hall–Kier alpha value is -1.06. The molecule has 2 rings (SSSR count). The van der Waals surface area contributed by atoms with Gasteiger partial charge in [0, 0.05) is 18.2 Å². The molecule has 1 atom stereocenters. The van der Waals surface area contributed by atoms with E-state index in [1.54, 1.807) is 0 Å². The van der Waals surface area contributed by atoms with Crippen LogP contribution in [0.3, 0.4) is 0 Å². The third-order valence-corrected chi connectivity index (χ3v) is 3.47. The van der Waals surface area contributed by atoms with Crippen molar-refractivity contribution in [3.63, 3.8) is 0 Å². The molecule has 1 heterocycles. The number of nitrogens with one attached hydrogen (secondary N) is 2. The van der Waals surface area contributed by atoms with Gasteiger partial charge in [-0.15, -0.1) is 12.4 Å². The standard InChI is InChI=1S/C14H20N2O.ClH/c1-10-5-3-7-13(11(10)2)16-14(17)9-12-6-4-8-15-12;/h3,5,7,12,15H,4,6,8-9H2,1-2H3,(H,16,17);1H. The molecule has 1 aliphatic rings. The second-order valence-corrected chi connectivity index (χ2v) is 4.79. The van der Waals surface area contributed by atoms with E-state index in [9.17, 15) is 4.79 Å². The van der Waals surface area contributed by atoms with Gasteiger partial charge in [0.05, 0.1) is 0 Å². The van der Waals surface area contributed by atoms with Gasteiger partial charge in [-0.05, 0) is 50.4 Å². The summed E-state index contributed by atoms with van der Waals surface area (Å²) in [5.74, 6) is 0.109. The van der Waals surface area contributed by atoms with Gasteiger partial charge in [0.25, 0.3) is 0 Å². The van der Waals surface area contributed by atoms with Gasteiger partial charge in [-0.2, -0.15) is 0 Å². The van der Waals surface area contributed by atoms with E-state index in [4.69, 9.17) is 0 Å². The zero-order chi connectivity index (χ0) is 12.3. The van der Waals surface area contributed by atoms with E-state index in [0.717, 1.165) is 24.2 Å². The molecule has 1 unspecified atom stereocenters. The zero-order valence-corrected chi connectivity index (χ0v) is 11.8. The first-order valence-electron chi connectivity index (χ1n) is 6.26. The lowest BCUT2D eigenvalue weighted by molar-refractivity contribution is -0.116. The lowest BCUT2D eigenvalue weighted by atomic mass is 10.1. The Labute approximate surface area is 115 Å². The van der Waals surface area contributed by atoms with Crippen LogP contribution in [0.1, 0.15) is 30.4 Å². The number of anilines is 1. The minimum absolute atomic E-state index is 0. The van der Waals surface area contributed by atoms with Crippen LogP contribution in [0.5, 0.6) is 0 Å². The normalized spacial score (nSPS) is 18.2. The van der Waals surface area contributed by atoms with Gasteiger partial charge in [0.2, 0.25) is 5.91 Å². The molecule has 2 N–H and O–H groups in total. The first-order valence-corrected chi connectivity index (χ1v) is 6.26. The summed E-state index contributed by atoms with van der Waals surface area (Å²) in [6.07, 6.45) is 2.87. The Balaban J connectivity index is 0.00000162. The van der Waals surface area contributed by atoms with Crippen molar-refractivity contribution >= 4 is 24.0 Å². The number of amides is 1. The largest absolute Gasteiger partial charge is 0.326 e. The van der Waals surface area contributed by atoms with Crippen molar-refractivity contribution < 1.29 is 4.79 Å². The molecular formula is C14H21ClN2O. The Morgan fingerprint density at radius 3 is 2.89 bits per heavy atom. The fourth-order valence-corrected chi connectivity index (χ4v) is 2.24. The van der Waals surface area contributed by atoms with E-state index in [1.165, 1.54) is 12.0 Å². The molecule has 3 nitrogen and oxygen atoms in total. The van der Waals surface area contributed by atoms with E-state index in [1.807, 2.05) is 19.1 Å². The number of aryl methyl sites for hydroxylation is 1. The molecule has 0 aliphatic carbocycles. The average molecular weight is 269 g/mol. The van der Waals surface area contributed by atoms with Crippen molar-refractivity contribution in [2.75, 3.05) is 11.9 Å². The molecule has 0 spiro atoms. The summed E-state index contributed by atoms with van der Waals surface area (Å²) >= 11 is 0. The highest BCUT2D eigenvalue weighted by molar-refractivity contribution is 5.92. The van der Waals surface area contributed by atoms with Crippen LogP contribution < -0.4 is 10.6 Å². The van der Waals surface area contributed by atoms with Crippen molar-refractivity contribution in [2.45, 2.75) is 39.2 Å². The van der Waals surface area contributed by atoms with E-state index in [2.05, 4.69) is 23.6 Å². The fourth-order valence-electron chi connectivity index (χ4n) is 2.24. The Morgan fingerprint density at radius 1 is 1.44 bits per heavy atom. The summed E-state index contributed by atoms with van der Waals surface area (Å²) in [5.41, 5.74) is 3.30. The zero-order valence-electron chi connectivity index (χ0n) is 11.0. The molecule has 4 heteroatoms. The van der Waals surface area contributed by atoms with E-state index >= 15 is 0 Å². The molecule has 1 aliphatic heterocycles. The van der Waals surface area contributed by atoms with Crippen molar-refractivity contribution in [2.24, 2.45) is 0 Å². The molecule has 1 saturated heterocycles.